The van der Waals surface area contributed by atoms with Crippen LogP contribution in [0.15, 0.2) is 77.9 Å². The van der Waals surface area contributed by atoms with Crippen molar-refractivity contribution in [1.82, 2.24) is 30.5 Å². The Labute approximate surface area is 189 Å². The standard InChI is InChI=1S/C26H22N6O/c1-2-27-12-16-10-19(14-28-13-16)17-6-7-22-21(11-17)25(32-31-22)26-29-23-5-3-4-20(24(23)30-26)18-8-9-33-15-18/h3-11,13-15,27H,2,12H2,1H3,(H,29,30)(H,31,32). The van der Waals surface area contributed by atoms with Gasteiger partial charge in [0, 0.05) is 41.0 Å². The Bertz CT molecular complexity index is 1560. The fourth-order valence-corrected chi connectivity index (χ4v) is 4.18. The predicted molar refractivity (Wildman–Crippen MR) is 129 cm³/mol. The van der Waals surface area contributed by atoms with Gasteiger partial charge in [0.15, 0.2) is 5.82 Å². The highest BCUT2D eigenvalue weighted by Crippen LogP contribution is 2.33. The average molecular weight is 435 g/mol. The summed E-state index contributed by atoms with van der Waals surface area (Å²) in [5, 5.41) is 12.1. The first-order chi connectivity index (χ1) is 16.3. The number of hydrogen-bond acceptors (Lipinski definition) is 5. The maximum Gasteiger partial charge on any atom is 0.159 e. The van der Waals surface area contributed by atoms with E-state index in [-0.39, 0.29) is 0 Å². The van der Waals surface area contributed by atoms with Gasteiger partial charge in [-0.05, 0) is 48.0 Å². The van der Waals surface area contributed by atoms with Gasteiger partial charge in [0.2, 0.25) is 0 Å². The second kappa shape index (κ2) is 8.03. The van der Waals surface area contributed by atoms with Gasteiger partial charge in [-0.15, -0.1) is 0 Å². The van der Waals surface area contributed by atoms with Crippen LogP contribution in [0.1, 0.15) is 12.5 Å². The Morgan fingerprint density at radius 1 is 0.970 bits per heavy atom. The number of para-hydroxylation sites is 1. The highest BCUT2D eigenvalue weighted by atomic mass is 16.3. The highest BCUT2D eigenvalue weighted by molar-refractivity contribution is 5.98. The van der Waals surface area contributed by atoms with Crippen molar-refractivity contribution in [3.05, 3.63) is 79.0 Å². The van der Waals surface area contributed by atoms with Crippen LogP contribution in [0.5, 0.6) is 0 Å². The number of aromatic nitrogens is 5. The van der Waals surface area contributed by atoms with Crippen molar-refractivity contribution in [3.63, 3.8) is 0 Å². The number of hydrogen-bond donors (Lipinski definition) is 3. The molecule has 6 rings (SSSR count). The first kappa shape index (κ1) is 19.5. The zero-order valence-corrected chi connectivity index (χ0v) is 18.1. The first-order valence-corrected chi connectivity index (χ1v) is 10.9. The monoisotopic (exact) mass is 434 g/mol. The van der Waals surface area contributed by atoms with Crippen LogP contribution in [0, 0.1) is 0 Å². The maximum atomic E-state index is 5.28. The summed E-state index contributed by atoms with van der Waals surface area (Å²) in [5.41, 5.74) is 8.94. The van der Waals surface area contributed by atoms with Crippen molar-refractivity contribution in [2.75, 3.05) is 6.54 Å². The van der Waals surface area contributed by atoms with Gasteiger partial charge in [-0.3, -0.25) is 10.1 Å². The highest BCUT2D eigenvalue weighted by Gasteiger charge is 2.16. The fourth-order valence-electron chi connectivity index (χ4n) is 4.18. The number of rotatable bonds is 6. The van der Waals surface area contributed by atoms with Crippen molar-refractivity contribution in [1.29, 1.82) is 0 Å². The van der Waals surface area contributed by atoms with E-state index in [2.05, 4.69) is 56.7 Å². The second-order valence-corrected chi connectivity index (χ2v) is 7.99. The molecule has 0 aliphatic carbocycles. The zero-order valence-electron chi connectivity index (χ0n) is 18.1. The van der Waals surface area contributed by atoms with Gasteiger partial charge in [0.1, 0.15) is 5.69 Å². The molecule has 0 saturated heterocycles. The minimum atomic E-state index is 0.725. The van der Waals surface area contributed by atoms with Gasteiger partial charge in [0.25, 0.3) is 0 Å². The molecule has 2 aromatic carbocycles. The van der Waals surface area contributed by atoms with Gasteiger partial charge in [-0.1, -0.05) is 25.1 Å². The lowest BCUT2D eigenvalue weighted by Gasteiger charge is -2.06. The Morgan fingerprint density at radius 2 is 1.94 bits per heavy atom. The molecule has 0 unspecified atom stereocenters. The molecule has 162 valence electrons. The van der Waals surface area contributed by atoms with Crippen molar-refractivity contribution in [2.45, 2.75) is 13.5 Å². The number of nitrogens with zero attached hydrogens (tertiary/aromatic N) is 3. The third-order valence-corrected chi connectivity index (χ3v) is 5.84. The van der Waals surface area contributed by atoms with Crippen LogP contribution in [-0.2, 0) is 6.54 Å². The molecule has 0 radical (unpaired) electrons. The number of benzene rings is 2. The molecule has 4 aromatic heterocycles. The SMILES string of the molecule is CCNCc1cncc(-c2ccc3[nH]nc(-c4nc5c(-c6ccoc6)cccc5[nH]4)c3c2)c1. The van der Waals surface area contributed by atoms with Gasteiger partial charge in [-0.2, -0.15) is 5.10 Å². The summed E-state index contributed by atoms with van der Waals surface area (Å²) in [6, 6.07) is 16.5. The van der Waals surface area contributed by atoms with Gasteiger partial charge < -0.3 is 14.7 Å². The lowest BCUT2D eigenvalue weighted by molar-refractivity contribution is 0.568. The summed E-state index contributed by atoms with van der Waals surface area (Å²) < 4.78 is 5.28. The minimum absolute atomic E-state index is 0.725. The molecule has 0 atom stereocenters. The van der Waals surface area contributed by atoms with Crippen LogP contribution in [0.3, 0.4) is 0 Å². The molecule has 0 aliphatic heterocycles. The van der Waals surface area contributed by atoms with Gasteiger partial charge in [-0.25, -0.2) is 4.98 Å². The number of furan rings is 1. The predicted octanol–water partition coefficient (Wildman–Crippen LogP) is 5.54. The summed E-state index contributed by atoms with van der Waals surface area (Å²) in [6.07, 6.45) is 7.21. The van der Waals surface area contributed by atoms with Crippen LogP contribution in [-0.4, -0.2) is 31.7 Å². The fraction of sp³-hybridized carbons (Fsp3) is 0.115. The van der Waals surface area contributed by atoms with E-state index >= 15 is 0 Å². The summed E-state index contributed by atoms with van der Waals surface area (Å²) in [4.78, 5) is 12.8. The van der Waals surface area contributed by atoms with Gasteiger partial charge >= 0.3 is 0 Å². The first-order valence-electron chi connectivity index (χ1n) is 10.9. The Morgan fingerprint density at radius 3 is 2.82 bits per heavy atom. The van der Waals surface area contributed by atoms with Crippen LogP contribution in [0.4, 0.5) is 0 Å². The number of fused-ring (bicyclic) bond motifs is 2. The molecule has 4 heterocycles. The zero-order chi connectivity index (χ0) is 22.2. The summed E-state index contributed by atoms with van der Waals surface area (Å²) in [7, 11) is 0. The van der Waals surface area contributed by atoms with Crippen LogP contribution in [0.2, 0.25) is 0 Å². The molecule has 0 spiro atoms. The van der Waals surface area contributed by atoms with E-state index in [0.29, 0.717) is 0 Å². The van der Waals surface area contributed by atoms with E-state index in [4.69, 9.17) is 9.40 Å². The molecular weight excluding hydrogens is 412 g/mol. The third-order valence-electron chi connectivity index (χ3n) is 5.84. The second-order valence-electron chi connectivity index (χ2n) is 7.99. The molecule has 6 aromatic rings. The smallest absolute Gasteiger partial charge is 0.159 e. The van der Waals surface area contributed by atoms with E-state index in [1.54, 1.807) is 12.5 Å². The Kier molecular flexibility index (Phi) is 4.74. The summed E-state index contributed by atoms with van der Waals surface area (Å²) in [5.74, 6) is 0.725. The maximum absolute atomic E-state index is 5.28. The number of H-pyrrole nitrogens is 2. The number of imidazole rings is 1. The molecule has 0 bridgehead atoms. The van der Waals surface area contributed by atoms with Crippen molar-refractivity contribution in [3.8, 4) is 33.8 Å². The van der Waals surface area contributed by atoms with E-state index in [1.165, 1.54) is 0 Å². The van der Waals surface area contributed by atoms with Crippen molar-refractivity contribution >= 4 is 21.9 Å². The molecule has 33 heavy (non-hydrogen) atoms. The average Bonchev–Trinajstić information content (AvgIpc) is 3.61. The summed E-state index contributed by atoms with van der Waals surface area (Å²) >= 11 is 0. The molecule has 0 aliphatic rings. The molecule has 0 amide bonds. The van der Waals surface area contributed by atoms with E-state index < -0.39 is 0 Å². The van der Waals surface area contributed by atoms with E-state index in [1.807, 2.05) is 36.7 Å². The Hall–Kier alpha value is -4.23. The molecule has 0 fully saturated rings. The lowest BCUT2D eigenvalue weighted by Crippen LogP contribution is -2.11. The normalized spacial score (nSPS) is 11.5. The third kappa shape index (κ3) is 3.48. The lowest BCUT2D eigenvalue weighted by atomic mass is 10.0. The van der Waals surface area contributed by atoms with E-state index in [9.17, 15) is 0 Å². The number of aromatic amines is 2. The van der Waals surface area contributed by atoms with Crippen LogP contribution >= 0.6 is 0 Å². The minimum Gasteiger partial charge on any atom is -0.472 e. The largest absolute Gasteiger partial charge is 0.472 e. The quantitative estimate of drug-likeness (QED) is 0.320. The van der Waals surface area contributed by atoms with Crippen LogP contribution < -0.4 is 5.32 Å². The molecule has 7 heteroatoms. The van der Waals surface area contributed by atoms with Crippen molar-refractivity contribution < 1.29 is 4.42 Å². The molecular formula is C26H22N6O. The Balaban J connectivity index is 1.44. The number of nitrogens with one attached hydrogen (secondary N) is 3. The molecule has 3 N–H and O–H groups in total. The summed E-state index contributed by atoms with van der Waals surface area (Å²) in [6.45, 7) is 3.82. The topological polar surface area (TPSA) is 95.4 Å². The van der Waals surface area contributed by atoms with E-state index in [0.717, 1.165) is 74.4 Å². The molecule has 7 nitrogen and oxygen atoms in total. The molecule has 0 saturated carbocycles. The number of pyridine rings is 1. The van der Waals surface area contributed by atoms with Crippen molar-refractivity contribution in [2.24, 2.45) is 0 Å². The van der Waals surface area contributed by atoms with Gasteiger partial charge in [0.05, 0.1) is 29.1 Å². The van der Waals surface area contributed by atoms with Crippen LogP contribution in [0.25, 0.3) is 55.7 Å².